The Morgan fingerprint density at radius 2 is 1.55 bits per heavy atom. The molecule has 0 aliphatic rings. The van der Waals surface area contributed by atoms with Crippen molar-refractivity contribution in [1.82, 2.24) is 0 Å². The Balaban J connectivity index is 0. The molecular formula is C18H32O2. The first-order valence-electron chi connectivity index (χ1n) is 7.82. The van der Waals surface area contributed by atoms with Crippen molar-refractivity contribution < 1.29 is 9.59 Å². The molecule has 0 saturated heterocycles. The summed E-state index contributed by atoms with van der Waals surface area (Å²) in [5.74, 6) is 0.538. The van der Waals surface area contributed by atoms with E-state index in [0.717, 1.165) is 32.1 Å². The Kier molecular flexibility index (Phi) is 16.8. The predicted octanol–water partition coefficient (Wildman–Crippen LogP) is 5.42. The minimum atomic E-state index is 0.260. The monoisotopic (exact) mass is 280 g/mol. The lowest BCUT2D eigenvalue weighted by molar-refractivity contribution is -0.117. The van der Waals surface area contributed by atoms with Crippen molar-refractivity contribution in [3.05, 3.63) is 23.8 Å². The second-order valence-corrected chi connectivity index (χ2v) is 5.05. The van der Waals surface area contributed by atoms with Crippen molar-refractivity contribution in [2.75, 3.05) is 0 Å². The standard InChI is InChI=1S/2C9H16O/c1-4-8(2)6-5-7-9(3)10;1-3-5-6-8-9(10)7-4-2/h6H,4-5,7H2,1-3H3;6,8H,3-5,7H2,1-2H3. The highest BCUT2D eigenvalue weighted by Crippen LogP contribution is 2.01. The van der Waals surface area contributed by atoms with E-state index in [1.807, 2.05) is 13.0 Å². The highest BCUT2D eigenvalue weighted by atomic mass is 16.1. The summed E-state index contributed by atoms with van der Waals surface area (Å²) in [7, 11) is 0. The van der Waals surface area contributed by atoms with Crippen molar-refractivity contribution in [3.63, 3.8) is 0 Å². The quantitative estimate of drug-likeness (QED) is 0.417. The molecule has 0 unspecified atom stereocenters. The Morgan fingerprint density at radius 1 is 0.900 bits per heavy atom. The van der Waals surface area contributed by atoms with Gasteiger partial charge in [-0.15, -0.1) is 0 Å². The van der Waals surface area contributed by atoms with E-state index in [9.17, 15) is 9.59 Å². The number of rotatable bonds is 9. The molecule has 0 heterocycles. The van der Waals surface area contributed by atoms with Gasteiger partial charge in [-0.05, 0) is 45.6 Å². The molecule has 0 aliphatic carbocycles. The first kappa shape index (κ1) is 21.1. The number of carbonyl (C=O) groups is 2. The molecule has 0 rings (SSSR count). The molecule has 0 spiro atoms. The van der Waals surface area contributed by atoms with E-state index in [0.29, 0.717) is 12.8 Å². The Hall–Kier alpha value is -1.18. The Morgan fingerprint density at radius 3 is 2.00 bits per heavy atom. The van der Waals surface area contributed by atoms with Crippen LogP contribution in [0.1, 0.15) is 79.6 Å². The van der Waals surface area contributed by atoms with Crippen molar-refractivity contribution in [2.45, 2.75) is 79.6 Å². The van der Waals surface area contributed by atoms with Crippen LogP contribution in [-0.4, -0.2) is 11.6 Å². The van der Waals surface area contributed by atoms with Crippen LogP contribution in [0.5, 0.6) is 0 Å². The van der Waals surface area contributed by atoms with Crippen LogP contribution in [0.3, 0.4) is 0 Å². The maximum absolute atomic E-state index is 10.8. The third-order valence-electron chi connectivity index (χ3n) is 2.80. The summed E-state index contributed by atoms with van der Waals surface area (Å²) in [5, 5.41) is 0. The molecule has 0 aromatic rings. The van der Waals surface area contributed by atoms with Crippen molar-refractivity contribution >= 4 is 11.6 Å². The third-order valence-corrected chi connectivity index (χ3v) is 2.80. The molecule has 0 bridgehead atoms. The van der Waals surface area contributed by atoms with Gasteiger partial charge in [0.05, 0.1) is 0 Å². The summed E-state index contributed by atoms with van der Waals surface area (Å²) in [6, 6.07) is 0. The van der Waals surface area contributed by atoms with Gasteiger partial charge in [0.15, 0.2) is 5.78 Å². The summed E-state index contributed by atoms with van der Waals surface area (Å²) in [4.78, 5) is 21.3. The zero-order valence-corrected chi connectivity index (χ0v) is 14.0. The molecule has 116 valence electrons. The minimum absolute atomic E-state index is 0.260. The first-order chi connectivity index (χ1) is 9.47. The van der Waals surface area contributed by atoms with Crippen LogP contribution in [0, 0.1) is 0 Å². The largest absolute Gasteiger partial charge is 0.300 e. The van der Waals surface area contributed by atoms with Crippen molar-refractivity contribution in [2.24, 2.45) is 0 Å². The average Bonchev–Trinajstić information content (AvgIpc) is 2.39. The van der Waals surface area contributed by atoms with Crippen LogP contribution < -0.4 is 0 Å². The number of hydrogen-bond donors (Lipinski definition) is 0. The summed E-state index contributed by atoms with van der Waals surface area (Å²) in [5.41, 5.74) is 1.38. The molecule has 2 nitrogen and oxygen atoms in total. The topological polar surface area (TPSA) is 34.1 Å². The van der Waals surface area contributed by atoms with Crippen molar-refractivity contribution in [1.29, 1.82) is 0 Å². The Labute approximate surface area is 125 Å². The maximum Gasteiger partial charge on any atom is 0.155 e. The summed E-state index contributed by atoms with van der Waals surface area (Å²) in [6.07, 6.45) is 12.3. The predicted molar refractivity (Wildman–Crippen MR) is 87.9 cm³/mol. The summed E-state index contributed by atoms with van der Waals surface area (Å²) >= 11 is 0. The number of unbranched alkanes of at least 4 members (excludes halogenated alkanes) is 1. The van der Waals surface area contributed by atoms with Crippen molar-refractivity contribution in [3.8, 4) is 0 Å². The highest BCUT2D eigenvalue weighted by molar-refractivity contribution is 5.89. The molecule has 0 N–H and O–H groups in total. The fourth-order valence-electron chi connectivity index (χ4n) is 1.38. The van der Waals surface area contributed by atoms with Gasteiger partial charge in [-0.25, -0.2) is 0 Å². The molecule has 0 aliphatic heterocycles. The molecule has 0 aromatic heterocycles. The van der Waals surface area contributed by atoms with E-state index in [1.165, 1.54) is 5.57 Å². The molecule has 20 heavy (non-hydrogen) atoms. The molecular weight excluding hydrogens is 248 g/mol. The second-order valence-electron chi connectivity index (χ2n) is 5.05. The number of ketones is 2. The van der Waals surface area contributed by atoms with Gasteiger partial charge in [0.2, 0.25) is 0 Å². The number of Topliss-reactive ketones (excluding diaryl/α,β-unsaturated/α-hetero) is 1. The lowest BCUT2D eigenvalue weighted by Gasteiger charge is -1.93. The third kappa shape index (κ3) is 19.2. The lowest BCUT2D eigenvalue weighted by Crippen LogP contribution is -1.89. The highest BCUT2D eigenvalue weighted by Gasteiger charge is 1.91. The van der Waals surface area contributed by atoms with Gasteiger partial charge in [-0.3, -0.25) is 4.79 Å². The van der Waals surface area contributed by atoms with E-state index in [2.05, 4.69) is 26.8 Å². The minimum Gasteiger partial charge on any atom is -0.300 e. The molecule has 0 radical (unpaired) electrons. The van der Waals surface area contributed by atoms with Gasteiger partial charge in [0.25, 0.3) is 0 Å². The van der Waals surface area contributed by atoms with Gasteiger partial charge < -0.3 is 4.79 Å². The molecule has 0 aromatic carbocycles. The zero-order chi connectivity index (χ0) is 15.8. The fraction of sp³-hybridized carbons (Fsp3) is 0.667. The zero-order valence-electron chi connectivity index (χ0n) is 14.0. The number of hydrogen-bond acceptors (Lipinski definition) is 2. The number of carbonyl (C=O) groups excluding carboxylic acids is 2. The van der Waals surface area contributed by atoms with E-state index in [-0.39, 0.29) is 11.6 Å². The molecule has 0 saturated carbocycles. The summed E-state index contributed by atoms with van der Waals surface area (Å²) < 4.78 is 0. The second kappa shape index (κ2) is 15.9. The Bertz CT molecular complexity index is 311. The van der Waals surface area contributed by atoms with E-state index >= 15 is 0 Å². The van der Waals surface area contributed by atoms with E-state index in [1.54, 1.807) is 13.0 Å². The van der Waals surface area contributed by atoms with Crippen LogP contribution >= 0.6 is 0 Å². The van der Waals surface area contributed by atoms with Gasteiger partial charge in [-0.2, -0.15) is 0 Å². The van der Waals surface area contributed by atoms with Crippen LogP contribution in [0.15, 0.2) is 23.8 Å². The molecule has 0 amide bonds. The molecule has 0 atom stereocenters. The first-order valence-corrected chi connectivity index (χ1v) is 7.82. The van der Waals surface area contributed by atoms with Crippen LogP contribution in [-0.2, 0) is 9.59 Å². The fourth-order valence-corrected chi connectivity index (χ4v) is 1.38. The smallest absolute Gasteiger partial charge is 0.155 e. The summed E-state index contributed by atoms with van der Waals surface area (Å²) in [6.45, 7) is 9.98. The maximum atomic E-state index is 10.8. The average molecular weight is 280 g/mol. The molecule has 2 heteroatoms. The molecule has 0 fully saturated rings. The van der Waals surface area contributed by atoms with Gasteiger partial charge in [0.1, 0.15) is 5.78 Å². The van der Waals surface area contributed by atoms with E-state index < -0.39 is 0 Å². The number of allylic oxidation sites excluding steroid dienone is 4. The lowest BCUT2D eigenvalue weighted by atomic mass is 10.1. The van der Waals surface area contributed by atoms with E-state index in [4.69, 9.17) is 0 Å². The van der Waals surface area contributed by atoms with Gasteiger partial charge in [-0.1, -0.05) is 44.9 Å². The van der Waals surface area contributed by atoms with Crippen LogP contribution in [0.25, 0.3) is 0 Å². The normalized spacial score (nSPS) is 11.2. The van der Waals surface area contributed by atoms with Gasteiger partial charge in [0, 0.05) is 12.8 Å². The van der Waals surface area contributed by atoms with Crippen LogP contribution in [0.2, 0.25) is 0 Å². The van der Waals surface area contributed by atoms with Crippen LogP contribution in [0.4, 0.5) is 0 Å². The van der Waals surface area contributed by atoms with Gasteiger partial charge >= 0.3 is 0 Å². The SMILES string of the molecule is CCC(C)=CCCC(C)=O.CCCC=CC(=O)CCC.